The molecule has 7 N–H and O–H groups in total. The number of halogens is 5. The second kappa shape index (κ2) is 45.7. The molecule has 576 valence electrons. The maximum Gasteiger partial charge on any atom is 0.498 e. The van der Waals surface area contributed by atoms with Gasteiger partial charge in [0.2, 0.25) is 11.8 Å². The number of nitrogens with one attached hydrogen (secondary N) is 4. The molecular formula is C84H116BBr2Cl3N10O6. The van der Waals surface area contributed by atoms with Gasteiger partial charge in [-0.15, -0.1) is 0 Å². The molecule has 0 saturated carbocycles. The maximum atomic E-state index is 12.9. The summed E-state index contributed by atoms with van der Waals surface area (Å²) in [4.78, 5) is 42.8. The molecule has 1 saturated heterocycles. The average Bonchev–Trinajstić information content (AvgIpc) is 1.63. The van der Waals surface area contributed by atoms with Gasteiger partial charge in [0, 0.05) is 104 Å². The van der Waals surface area contributed by atoms with Crippen LogP contribution in [-0.2, 0) is 43.0 Å². The van der Waals surface area contributed by atoms with Gasteiger partial charge in [-0.3, -0.25) is 24.6 Å². The number of carboxylic acids is 1. The van der Waals surface area contributed by atoms with Gasteiger partial charge < -0.3 is 45.5 Å². The van der Waals surface area contributed by atoms with E-state index in [2.05, 4.69) is 156 Å². The minimum absolute atomic E-state index is 0.0951. The zero-order valence-electron chi connectivity index (χ0n) is 65.1. The second-order valence-electron chi connectivity index (χ2n) is 30.4. The number of carbonyl (C=O) groups is 3. The first kappa shape index (κ1) is 90.4. The molecule has 0 radical (unpaired) electrons. The second-order valence-corrected chi connectivity index (χ2v) is 33.5. The molecule has 0 bridgehead atoms. The van der Waals surface area contributed by atoms with Crippen molar-refractivity contribution in [3.63, 3.8) is 0 Å². The molecule has 0 unspecified atom stereocenters. The van der Waals surface area contributed by atoms with Crippen molar-refractivity contribution >= 4 is 97.0 Å². The Balaban J connectivity index is 0.000000250. The lowest BCUT2D eigenvalue weighted by atomic mass is 9.82. The van der Waals surface area contributed by atoms with Gasteiger partial charge in [-0.25, -0.2) is 0 Å². The van der Waals surface area contributed by atoms with Crippen molar-refractivity contribution in [3.8, 4) is 11.1 Å². The predicted molar refractivity (Wildman–Crippen MR) is 448 cm³/mol. The van der Waals surface area contributed by atoms with Crippen molar-refractivity contribution in [1.29, 1.82) is 0 Å². The van der Waals surface area contributed by atoms with Crippen molar-refractivity contribution in [3.05, 3.63) is 228 Å². The highest BCUT2D eigenvalue weighted by Gasteiger charge is 2.52. The van der Waals surface area contributed by atoms with Crippen LogP contribution in [-0.4, -0.2) is 156 Å². The highest BCUT2D eigenvalue weighted by molar-refractivity contribution is 9.10. The van der Waals surface area contributed by atoms with Crippen LogP contribution in [0.1, 0.15) is 159 Å². The molecule has 106 heavy (non-hydrogen) atoms. The molecule has 2 amide bonds. The Bertz CT molecular complexity index is 3820. The third kappa shape index (κ3) is 31.8. The monoisotopic (exact) mass is 1630 g/mol. The molecule has 2 aromatic heterocycles. The van der Waals surface area contributed by atoms with Crippen LogP contribution in [0.3, 0.4) is 0 Å². The van der Waals surface area contributed by atoms with Gasteiger partial charge in [0.1, 0.15) is 0 Å². The molecular weight excluding hydrogens is 1520 g/mol. The van der Waals surface area contributed by atoms with Crippen LogP contribution in [0.4, 0.5) is 0 Å². The lowest BCUT2D eigenvalue weighted by Crippen LogP contribution is -2.42. The largest absolute Gasteiger partial charge is 0.498 e. The Morgan fingerprint density at radius 2 is 0.868 bits per heavy atom. The molecule has 3 heterocycles. The van der Waals surface area contributed by atoms with Crippen molar-refractivity contribution < 1.29 is 28.8 Å². The topological polar surface area (TPSA) is 207 Å². The summed E-state index contributed by atoms with van der Waals surface area (Å²) in [6.45, 7) is 23.0. The van der Waals surface area contributed by atoms with Crippen LogP contribution in [0.5, 0.6) is 0 Å². The van der Waals surface area contributed by atoms with Crippen LogP contribution in [0.25, 0.3) is 11.1 Å². The van der Waals surface area contributed by atoms with Crippen LogP contribution < -0.4 is 21.8 Å². The lowest BCUT2D eigenvalue weighted by Gasteiger charge is -2.32. The number of aromatic amines is 2. The van der Waals surface area contributed by atoms with E-state index >= 15 is 0 Å². The number of nitrogens with two attached hydrogens (primary N) is 1. The van der Waals surface area contributed by atoms with Crippen LogP contribution in [0.2, 0.25) is 15.1 Å². The maximum absolute atomic E-state index is 12.9. The SMILES string of the molecule is CC(C)C[C@H](CC(=O)NC[C@H](Cc1ccc(-c2cn[nH]c2)cc1Cl)N(C)C)c1ccccc1.CC(C)C[C@H](CC(=O)NC[C@H](Cc1ccc(Br)cc1Cl)N(C)C)c1ccccc1.CC(C)C[C@H](CC(=O)O)c1ccccc1.CC1(C)OB(c2cn[nH]c2)OC1(C)C.CN(C)[C@H](CN)Cc1ccc(Br)cc1Cl. The van der Waals surface area contributed by atoms with Gasteiger partial charge in [0.25, 0.3) is 0 Å². The number of nitrogens with zero attached hydrogens (tertiary/aromatic N) is 5. The quantitative estimate of drug-likeness (QED) is 0.0225. The number of rotatable bonds is 31. The number of aliphatic carboxylic acids is 1. The van der Waals surface area contributed by atoms with E-state index in [9.17, 15) is 14.4 Å². The standard InChI is InChI=1S/C27H35ClN4O.C24H32BrClN2O.C13H18O2.C11H16BrClN2.C9H15BN2O2/c1-19(2)12-23(20-8-6-5-7-9-20)15-27(33)29-18-25(32(3)4)13-22-11-10-21(14-26(22)28)24-16-30-31-17-24;1-17(2)12-20(18-8-6-5-7-9-18)14-24(29)27-16-22(28(3)4)13-19-10-11-21(25)15-23(19)26;1-10(2)8-12(9-13(14)15)11-6-4-3-5-7-11;1-15(2)10(7-14)5-8-3-4-9(12)6-11(8)13;1-8(2)9(3,4)14-10(13-8)7-5-11-12-6-7/h5-11,14,16-17,19,23,25H,12-13,15,18H2,1-4H3,(H,29,33)(H,30,31);5-11,15,17,20,22H,12-14,16H2,1-4H3,(H,27,29);3-7,10,12H,8-9H2,1-2H3,(H,14,15);3-4,6,10H,5,7,14H2,1-2H3;5-6H,1-4H3,(H,11,12)/t23-,25+;20-,22+;12-;10-;/m1110./s1. The Kier molecular flexibility index (Phi) is 39.0. The molecule has 1 fully saturated rings. The van der Waals surface area contributed by atoms with E-state index in [0.717, 1.165) is 101 Å². The zero-order chi connectivity index (χ0) is 78.3. The van der Waals surface area contributed by atoms with E-state index in [1.807, 2.05) is 185 Å². The average molecular weight is 1640 g/mol. The van der Waals surface area contributed by atoms with E-state index in [4.69, 9.17) is 55.0 Å². The van der Waals surface area contributed by atoms with Gasteiger partial charge >= 0.3 is 13.1 Å². The molecule has 1 aliphatic rings. The molecule has 22 heteroatoms. The smallest absolute Gasteiger partial charge is 0.481 e. The van der Waals surface area contributed by atoms with E-state index in [0.29, 0.717) is 56.3 Å². The van der Waals surface area contributed by atoms with Gasteiger partial charge in [-0.05, 0) is 213 Å². The number of hydrogen-bond acceptors (Lipinski definition) is 11. The van der Waals surface area contributed by atoms with Crippen LogP contribution in [0.15, 0.2) is 179 Å². The van der Waals surface area contributed by atoms with Crippen molar-refractivity contribution in [2.75, 3.05) is 61.9 Å². The Labute approximate surface area is 665 Å². The number of benzene rings is 6. The van der Waals surface area contributed by atoms with Crippen molar-refractivity contribution in [1.82, 2.24) is 45.7 Å². The fourth-order valence-corrected chi connectivity index (χ4v) is 14.1. The Hall–Kier alpha value is -6.20. The van der Waals surface area contributed by atoms with Gasteiger partial charge in [0.15, 0.2) is 0 Å². The number of H-pyrrole nitrogens is 2. The Morgan fingerprint density at radius 3 is 1.19 bits per heavy atom. The lowest BCUT2D eigenvalue weighted by molar-refractivity contribution is -0.137. The molecule has 6 atom stereocenters. The fraction of sp³-hybridized carbons (Fsp3) is 0.464. The van der Waals surface area contributed by atoms with E-state index in [1.54, 1.807) is 18.6 Å². The molecule has 0 spiro atoms. The van der Waals surface area contributed by atoms with Crippen LogP contribution in [0, 0.1) is 17.8 Å². The number of amides is 2. The predicted octanol–water partition coefficient (Wildman–Crippen LogP) is 18.0. The third-order valence-corrected chi connectivity index (χ3v) is 21.3. The van der Waals surface area contributed by atoms with Gasteiger partial charge in [-0.1, -0.05) is 223 Å². The summed E-state index contributed by atoms with van der Waals surface area (Å²) >= 11 is 26.0. The highest BCUT2D eigenvalue weighted by atomic mass is 79.9. The third-order valence-electron chi connectivity index (χ3n) is 19.2. The number of aromatic nitrogens is 4. The summed E-state index contributed by atoms with van der Waals surface area (Å²) in [6.07, 6.45) is 13.7. The summed E-state index contributed by atoms with van der Waals surface area (Å²) in [5, 5.41) is 30.9. The highest BCUT2D eigenvalue weighted by Crippen LogP contribution is 2.37. The molecule has 8 aromatic rings. The van der Waals surface area contributed by atoms with Crippen molar-refractivity contribution in [2.24, 2.45) is 23.5 Å². The summed E-state index contributed by atoms with van der Waals surface area (Å²) in [5.41, 5.74) is 15.0. The molecule has 6 aromatic carbocycles. The zero-order valence-corrected chi connectivity index (χ0v) is 70.6. The number of carbonyl (C=O) groups excluding carboxylic acids is 2. The van der Waals surface area contributed by atoms with E-state index < -0.39 is 5.97 Å². The fourth-order valence-electron chi connectivity index (χ4n) is 12.3. The van der Waals surface area contributed by atoms with Gasteiger partial charge in [-0.2, -0.15) is 10.2 Å². The van der Waals surface area contributed by atoms with E-state index in [1.165, 1.54) is 11.1 Å². The minimum Gasteiger partial charge on any atom is -0.481 e. The molecule has 0 aliphatic carbocycles. The summed E-state index contributed by atoms with van der Waals surface area (Å²) in [5.74, 6) is 1.70. The number of hydrogen-bond donors (Lipinski definition) is 6. The molecule has 1 aliphatic heterocycles. The molecule has 9 rings (SSSR count). The minimum atomic E-state index is -0.718. The molecule has 16 nitrogen and oxygen atoms in total. The first-order chi connectivity index (χ1) is 50.1. The normalized spacial score (nSPS) is 14.7. The summed E-state index contributed by atoms with van der Waals surface area (Å²) in [6, 6.07) is 49.3. The number of likely N-dealkylation sites (N-methyl/N-ethyl adjacent to an activating group) is 3. The summed E-state index contributed by atoms with van der Waals surface area (Å²) < 4.78 is 13.6. The number of carboxylic acid groups (broad SMARTS) is 1. The first-order valence-corrected chi connectivity index (χ1v) is 39.5. The first-order valence-electron chi connectivity index (χ1n) is 36.7. The van der Waals surface area contributed by atoms with Crippen LogP contribution >= 0.6 is 66.7 Å². The van der Waals surface area contributed by atoms with Gasteiger partial charge in [0.05, 0.1) is 23.8 Å². The van der Waals surface area contributed by atoms with E-state index in [-0.39, 0.29) is 66.4 Å². The van der Waals surface area contributed by atoms with Crippen molar-refractivity contribution in [2.45, 2.75) is 174 Å². The Morgan fingerprint density at radius 1 is 0.509 bits per heavy atom. The summed E-state index contributed by atoms with van der Waals surface area (Å²) in [7, 11) is 11.9.